The zero-order valence-corrected chi connectivity index (χ0v) is 25.6. The Morgan fingerprint density at radius 1 is 0.435 bits per heavy atom. The van der Waals surface area contributed by atoms with Crippen LogP contribution in [-0.4, -0.2) is 19.9 Å². The molecule has 0 fully saturated rings. The summed E-state index contributed by atoms with van der Waals surface area (Å²) in [6, 6.07) is 47.7. The predicted molar refractivity (Wildman–Crippen MR) is 188 cm³/mol. The molecular weight excluding hydrogens is 583 g/mol. The Balaban J connectivity index is 1.13. The number of fused-ring (bicyclic) bond motifs is 3. The van der Waals surface area contributed by atoms with Crippen LogP contribution in [0.5, 0.6) is 0 Å². The number of hydrogen-bond donors (Lipinski definition) is 0. The summed E-state index contributed by atoms with van der Waals surface area (Å²) >= 11 is 0. The lowest BCUT2D eigenvalue weighted by molar-refractivity contribution is 0.592. The van der Waals surface area contributed by atoms with Crippen LogP contribution in [0.4, 0.5) is 0 Å². The van der Waals surface area contributed by atoms with Gasteiger partial charge >= 0.3 is 0 Å². The second kappa shape index (κ2) is 11.6. The maximum absolute atomic E-state index is 14.9. The van der Waals surface area contributed by atoms with E-state index in [9.17, 15) is 4.57 Å². The average Bonchev–Trinajstić information content (AvgIpc) is 3.15. The molecule has 5 aromatic carbocycles. The highest BCUT2D eigenvalue weighted by Gasteiger charge is 2.29. The van der Waals surface area contributed by atoms with Gasteiger partial charge in [-0.25, -0.2) is 15.0 Å². The SMILES string of the molecule is O=P(c1ccccc1)(c1ccccc1)c1cccc(-c2cnc(-c3cccc(-c4ccc5ccc6cccnc6c5n4)c3)nc2)c1. The molecule has 0 N–H and O–H groups in total. The van der Waals surface area contributed by atoms with Crippen LogP contribution in [-0.2, 0) is 4.57 Å². The number of pyridine rings is 2. The van der Waals surface area contributed by atoms with Crippen molar-refractivity contribution in [1.29, 1.82) is 0 Å². The lowest BCUT2D eigenvalue weighted by Gasteiger charge is -2.20. The van der Waals surface area contributed by atoms with Gasteiger partial charge in [-0.15, -0.1) is 0 Å². The van der Waals surface area contributed by atoms with E-state index >= 15 is 0 Å². The Morgan fingerprint density at radius 2 is 1.04 bits per heavy atom. The van der Waals surface area contributed by atoms with Crippen LogP contribution in [0.25, 0.3) is 55.6 Å². The van der Waals surface area contributed by atoms with E-state index in [1.54, 1.807) is 6.20 Å². The molecule has 46 heavy (non-hydrogen) atoms. The quantitative estimate of drug-likeness (QED) is 0.140. The second-order valence-corrected chi connectivity index (χ2v) is 13.9. The van der Waals surface area contributed by atoms with Gasteiger partial charge in [-0.2, -0.15) is 0 Å². The molecule has 0 bridgehead atoms. The molecule has 0 radical (unpaired) electrons. The number of aromatic nitrogens is 4. The predicted octanol–water partition coefficient (Wildman–Crippen LogP) is 8.21. The zero-order chi connectivity index (χ0) is 30.9. The normalized spacial score (nSPS) is 11.6. The van der Waals surface area contributed by atoms with Gasteiger partial charge < -0.3 is 4.57 Å². The van der Waals surface area contributed by atoms with Crippen LogP contribution < -0.4 is 15.9 Å². The van der Waals surface area contributed by atoms with Gasteiger partial charge in [0.1, 0.15) is 0 Å². The number of benzene rings is 5. The molecule has 5 nitrogen and oxygen atoms in total. The number of hydrogen-bond acceptors (Lipinski definition) is 5. The third-order valence-corrected chi connectivity index (χ3v) is 11.3. The lowest BCUT2D eigenvalue weighted by atomic mass is 10.0. The van der Waals surface area contributed by atoms with E-state index in [2.05, 4.69) is 35.3 Å². The van der Waals surface area contributed by atoms with Crippen molar-refractivity contribution in [1.82, 2.24) is 19.9 Å². The summed E-state index contributed by atoms with van der Waals surface area (Å²) in [4.78, 5) is 19.1. The van der Waals surface area contributed by atoms with E-state index in [1.165, 1.54) is 0 Å². The minimum atomic E-state index is -3.10. The maximum atomic E-state index is 14.9. The third-order valence-electron chi connectivity index (χ3n) is 8.28. The van der Waals surface area contributed by atoms with Crippen LogP contribution in [0.3, 0.4) is 0 Å². The molecule has 8 aromatic rings. The van der Waals surface area contributed by atoms with Gasteiger partial charge in [-0.05, 0) is 29.8 Å². The van der Waals surface area contributed by atoms with Gasteiger partial charge in [-0.3, -0.25) is 4.98 Å². The summed E-state index contributed by atoms with van der Waals surface area (Å²) in [6.07, 6.45) is 5.46. The minimum absolute atomic E-state index is 0.619. The van der Waals surface area contributed by atoms with Crippen molar-refractivity contribution in [3.8, 4) is 33.8 Å². The van der Waals surface area contributed by atoms with E-state index in [4.69, 9.17) is 15.0 Å². The topological polar surface area (TPSA) is 68.6 Å². The fourth-order valence-electron chi connectivity index (χ4n) is 5.93. The van der Waals surface area contributed by atoms with Crippen molar-refractivity contribution in [2.75, 3.05) is 0 Å². The summed E-state index contributed by atoms with van der Waals surface area (Å²) in [6.45, 7) is 0. The summed E-state index contributed by atoms with van der Waals surface area (Å²) in [7, 11) is -3.10. The number of nitrogens with zero attached hydrogens (tertiary/aromatic N) is 4. The molecule has 0 aliphatic carbocycles. The van der Waals surface area contributed by atoms with Crippen molar-refractivity contribution >= 4 is 44.9 Å². The Bertz CT molecular complexity index is 2350. The molecule has 0 saturated carbocycles. The molecule has 6 heteroatoms. The van der Waals surface area contributed by atoms with E-state index in [1.807, 2.05) is 128 Å². The second-order valence-electron chi connectivity index (χ2n) is 11.1. The third kappa shape index (κ3) is 4.97. The van der Waals surface area contributed by atoms with Crippen molar-refractivity contribution < 1.29 is 4.57 Å². The summed E-state index contributed by atoms with van der Waals surface area (Å²) in [5, 5.41) is 4.49. The molecule has 8 rings (SSSR count). The first-order valence-corrected chi connectivity index (χ1v) is 16.8. The van der Waals surface area contributed by atoms with Gasteiger partial charge in [0, 0.05) is 62.0 Å². The Morgan fingerprint density at radius 3 is 1.78 bits per heavy atom. The minimum Gasteiger partial charge on any atom is -0.309 e. The molecule has 218 valence electrons. The monoisotopic (exact) mass is 610 g/mol. The van der Waals surface area contributed by atoms with Gasteiger partial charge in [0.05, 0.1) is 16.7 Å². The Kier molecular flexibility index (Phi) is 7.01. The molecule has 0 atom stereocenters. The van der Waals surface area contributed by atoms with Gasteiger partial charge in [0.15, 0.2) is 13.0 Å². The lowest BCUT2D eigenvalue weighted by Crippen LogP contribution is -2.25. The first-order valence-electron chi connectivity index (χ1n) is 15.1. The van der Waals surface area contributed by atoms with Crippen molar-refractivity contribution in [3.05, 3.63) is 164 Å². The summed E-state index contributed by atoms with van der Waals surface area (Å²) in [5.74, 6) is 0.619. The van der Waals surface area contributed by atoms with E-state index in [-0.39, 0.29) is 0 Å². The summed E-state index contributed by atoms with van der Waals surface area (Å²) in [5.41, 5.74) is 6.27. The molecule has 0 aliphatic heterocycles. The maximum Gasteiger partial charge on any atom is 0.171 e. The Labute approximate surface area is 266 Å². The van der Waals surface area contributed by atoms with Crippen LogP contribution in [0.2, 0.25) is 0 Å². The molecule has 0 spiro atoms. The largest absolute Gasteiger partial charge is 0.309 e. The van der Waals surface area contributed by atoms with E-state index in [0.717, 1.165) is 65.7 Å². The van der Waals surface area contributed by atoms with Crippen molar-refractivity contribution in [3.63, 3.8) is 0 Å². The smallest absolute Gasteiger partial charge is 0.171 e. The number of rotatable bonds is 6. The highest BCUT2D eigenvalue weighted by Crippen LogP contribution is 2.43. The average molecular weight is 611 g/mol. The first kappa shape index (κ1) is 27.8. The van der Waals surface area contributed by atoms with Crippen LogP contribution in [0.1, 0.15) is 0 Å². The fraction of sp³-hybridized carbons (Fsp3) is 0. The highest BCUT2D eigenvalue weighted by molar-refractivity contribution is 7.85. The van der Waals surface area contributed by atoms with Gasteiger partial charge in [0.2, 0.25) is 0 Å². The Hall–Kier alpha value is -5.77. The van der Waals surface area contributed by atoms with E-state index in [0.29, 0.717) is 5.82 Å². The van der Waals surface area contributed by atoms with Crippen molar-refractivity contribution in [2.24, 2.45) is 0 Å². The van der Waals surface area contributed by atoms with Crippen LogP contribution in [0, 0.1) is 0 Å². The zero-order valence-electron chi connectivity index (χ0n) is 24.7. The van der Waals surface area contributed by atoms with Gasteiger partial charge in [0.25, 0.3) is 0 Å². The van der Waals surface area contributed by atoms with Gasteiger partial charge in [-0.1, -0.05) is 121 Å². The molecule has 0 saturated heterocycles. The van der Waals surface area contributed by atoms with Crippen LogP contribution in [0.15, 0.2) is 164 Å². The molecule has 0 amide bonds. The fourth-order valence-corrected chi connectivity index (χ4v) is 8.63. The van der Waals surface area contributed by atoms with Crippen LogP contribution >= 0.6 is 7.14 Å². The molecule has 0 unspecified atom stereocenters. The first-order chi connectivity index (χ1) is 22.7. The standard InChI is InChI=1S/C40H27N4OP/c45-46(34-14-3-1-4-15-34,35-16-5-2-6-17-35)36-18-8-10-30(25-36)33-26-42-40(43-27-33)32-12-7-11-31(24-32)37-22-21-29-20-19-28-13-9-23-41-38(28)39(29)44-37/h1-27H. The molecular formula is C40H27N4OP. The molecule has 0 aliphatic rings. The highest BCUT2D eigenvalue weighted by atomic mass is 31.2. The molecule has 3 aromatic heterocycles. The van der Waals surface area contributed by atoms with Crippen molar-refractivity contribution in [2.45, 2.75) is 0 Å². The molecule has 3 heterocycles. The van der Waals surface area contributed by atoms with E-state index < -0.39 is 7.14 Å². The summed E-state index contributed by atoms with van der Waals surface area (Å²) < 4.78 is 14.9.